The van der Waals surface area contributed by atoms with Crippen LogP contribution in [0.4, 0.5) is 13.2 Å². The Hall–Kier alpha value is -2.14. The predicted octanol–water partition coefficient (Wildman–Crippen LogP) is 2.51. The number of hydrogen-bond donors (Lipinski definition) is 1. The van der Waals surface area contributed by atoms with Crippen LogP contribution in [0.5, 0.6) is 5.75 Å². The molecule has 0 aliphatic carbocycles. The highest BCUT2D eigenvalue weighted by molar-refractivity contribution is 5.27. The summed E-state index contributed by atoms with van der Waals surface area (Å²) in [5, 5.41) is 7.66. The average Bonchev–Trinajstić information content (AvgIpc) is 3.11. The van der Waals surface area contributed by atoms with Gasteiger partial charge >= 0.3 is 6.36 Å². The van der Waals surface area contributed by atoms with Gasteiger partial charge in [0.25, 0.3) is 0 Å². The lowest BCUT2D eigenvalue weighted by atomic mass is 9.91. The first-order chi connectivity index (χ1) is 14.4. The highest BCUT2D eigenvalue weighted by Crippen LogP contribution is 2.25. The van der Waals surface area contributed by atoms with Crippen LogP contribution in [0.1, 0.15) is 17.0 Å². The van der Waals surface area contributed by atoms with Gasteiger partial charge in [-0.15, -0.1) is 13.2 Å². The van der Waals surface area contributed by atoms with Gasteiger partial charge in [-0.05, 0) is 17.7 Å². The topological polar surface area (TPSA) is 69.0 Å². The second-order valence-corrected chi connectivity index (χ2v) is 7.67. The van der Waals surface area contributed by atoms with Crippen LogP contribution in [0, 0.1) is 0 Å². The van der Waals surface area contributed by atoms with Crippen molar-refractivity contribution in [3.05, 3.63) is 47.3 Å². The third kappa shape index (κ3) is 5.72. The van der Waals surface area contributed by atoms with Gasteiger partial charge in [0.05, 0.1) is 44.2 Å². The van der Waals surface area contributed by atoms with E-state index in [2.05, 4.69) is 20.1 Å². The number of rotatable bonds is 8. The van der Waals surface area contributed by atoms with Crippen molar-refractivity contribution >= 4 is 0 Å². The van der Waals surface area contributed by atoms with Crippen LogP contribution >= 0.6 is 0 Å². The molecule has 0 radical (unpaired) electrons. The second-order valence-electron chi connectivity index (χ2n) is 7.67. The first-order valence-corrected chi connectivity index (χ1v) is 9.81. The Morgan fingerprint density at radius 3 is 2.47 bits per heavy atom. The summed E-state index contributed by atoms with van der Waals surface area (Å²) < 4.78 is 57.0. The summed E-state index contributed by atoms with van der Waals surface area (Å²) in [5.74, 6) is 0.589. The van der Waals surface area contributed by atoms with E-state index in [0.717, 1.165) is 43.3 Å². The third-order valence-corrected chi connectivity index (χ3v) is 5.19. The van der Waals surface area contributed by atoms with Crippen molar-refractivity contribution < 1.29 is 31.9 Å². The fraction of sp³-hybridized carbons (Fsp3) is 0.550. The molecule has 0 bridgehead atoms. The fourth-order valence-corrected chi connectivity index (χ4v) is 3.55. The molecule has 4 rings (SSSR count). The molecule has 30 heavy (non-hydrogen) atoms. The molecule has 0 atom stereocenters. The van der Waals surface area contributed by atoms with Gasteiger partial charge in [0.1, 0.15) is 5.75 Å². The van der Waals surface area contributed by atoms with E-state index in [1.165, 1.54) is 12.1 Å². The van der Waals surface area contributed by atoms with Crippen LogP contribution < -0.4 is 10.1 Å². The zero-order valence-corrected chi connectivity index (χ0v) is 16.4. The highest BCUT2D eigenvalue weighted by Gasteiger charge is 2.39. The van der Waals surface area contributed by atoms with E-state index in [1.54, 1.807) is 12.1 Å². The van der Waals surface area contributed by atoms with Crippen LogP contribution in [0.15, 0.2) is 34.9 Å². The zero-order valence-electron chi connectivity index (χ0n) is 16.4. The second kappa shape index (κ2) is 8.93. The number of ether oxygens (including phenoxy) is 3. The van der Waals surface area contributed by atoms with Gasteiger partial charge in [0.15, 0.2) is 5.76 Å². The number of alkyl halides is 3. The monoisotopic (exact) mass is 427 g/mol. The smallest absolute Gasteiger partial charge is 0.406 e. The maximum absolute atomic E-state index is 12.3. The normalized spacial score (nSPS) is 19.4. The Bertz CT molecular complexity index is 815. The number of nitrogens with one attached hydrogen (secondary N) is 1. The van der Waals surface area contributed by atoms with Crippen LogP contribution in [0.3, 0.4) is 0 Å². The molecule has 2 saturated heterocycles. The predicted molar refractivity (Wildman–Crippen MR) is 99.8 cm³/mol. The maximum atomic E-state index is 12.3. The van der Waals surface area contributed by atoms with Crippen molar-refractivity contribution in [1.82, 2.24) is 15.4 Å². The Morgan fingerprint density at radius 1 is 1.10 bits per heavy atom. The average molecular weight is 427 g/mol. The van der Waals surface area contributed by atoms with Crippen LogP contribution in [-0.4, -0.2) is 61.5 Å². The number of aromatic nitrogens is 1. The molecule has 0 saturated carbocycles. The molecule has 1 aromatic carbocycles. The summed E-state index contributed by atoms with van der Waals surface area (Å²) >= 11 is 0. The summed E-state index contributed by atoms with van der Waals surface area (Å²) in [4.78, 5) is 2.26. The van der Waals surface area contributed by atoms with Crippen LogP contribution in [0.2, 0.25) is 0 Å². The number of benzene rings is 1. The minimum absolute atomic E-state index is 0.233. The Balaban J connectivity index is 1.30. The molecular formula is C20H24F3N3O4. The molecule has 2 aromatic rings. The molecule has 2 aliphatic heterocycles. The van der Waals surface area contributed by atoms with Gasteiger partial charge in [-0.25, -0.2) is 0 Å². The summed E-state index contributed by atoms with van der Waals surface area (Å²) in [5.41, 5.74) is 1.43. The van der Waals surface area contributed by atoms with Crippen molar-refractivity contribution in [1.29, 1.82) is 0 Å². The number of morpholine rings is 1. The van der Waals surface area contributed by atoms with E-state index in [4.69, 9.17) is 14.0 Å². The van der Waals surface area contributed by atoms with E-state index in [0.29, 0.717) is 32.7 Å². The number of hydrogen-bond acceptors (Lipinski definition) is 7. The van der Waals surface area contributed by atoms with Crippen molar-refractivity contribution in [2.75, 3.05) is 39.5 Å². The molecule has 2 aliphatic rings. The van der Waals surface area contributed by atoms with Crippen LogP contribution in [-0.2, 0) is 29.0 Å². The summed E-state index contributed by atoms with van der Waals surface area (Å²) in [6.07, 6.45) is -4.04. The minimum atomic E-state index is -4.69. The standard InChI is InChI=1S/C20H24F3N3O4/c21-20(22,23)29-17-3-1-15(2-4-17)11-24-19(13-28-14-19)10-16-9-18(30-25-16)12-26-5-7-27-8-6-26/h1-4,9,24H,5-8,10-14H2. The number of halogens is 3. The van der Waals surface area contributed by atoms with Gasteiger partial charge in [-0.3, -0.25) is 4.90 Å². The molecule has 3 heterocycles. The molecule has 10 heteroatoms. The summed E-state index contributed by atoms with van der Waals surface area (Å²) in [6, 6.07) is 7.81. The van der Waals surface area contributed by atoms with Gasteiger partial charge in [-0.2, -0.15) is 0 Å². The molecule has 2 fully saturated rings. The van der Waals surface area contributed by atoms with Gasteiger partial charge in [0, 0.05) is 32.1 Å². The van der Waals surface area contributed by atoms with Crippen LogP contribution in [0.25, 0.3) is 0 Å². The fourth-order valence-electron chi connectivity index (χ4n) is 3.55. The van der Waals surface area contributed by atoms with Crippen molar-refractivity contribution in [2.24, 2.45) is 0 Å². The molecule has 7 nitrogen and oxygen atoms in total. The molecule has 0 amide bonds. The van der Waals surface area contributed by atoms with Crippen molar-refractivity contribution in [3.63, 3.8) is 0 Å². The first-order valence-electron chi connectivity index (χ1n) is 9.81. The van der Waals surface area contributed by atoms with Crippen molar-refractivity contribution in [3.8, 4) is 5.75 Å². The van der Waals surface area contributed by atoms with E-state index in [-0.39, 0.29) is 11.3 Å². The van der Waals surface area contributed by atoms with Gasteiger partial charge in [-0.1, -0.05) is 17.3 Å². The lowest BCUT2D eigenvalue weighted by molar-refractivity contribution is -0.274. The van der Waals surface area contributed by atoms with E-state index in [1.807, 2.05) is 6.07 Å². The lowest BCUT2D eigenvalue weighted by Gasteiger charge is -2.42. The molecule has 164 valence electrons. The lowest BCUT2D eigenvalue weighted by Crippen LogP contribution is -2.61. The maximum Gasteiger partial charge on any atom is 0.573 e. The highest BCUT2D eigenvalue weighted by atomic mass is 19.4. The first kappa shape index (κ1) is 21.1. The van der Waals surface area contributed by atoms with Gasteiger partial charge < -0.3 is 24.1 Å². The SMILES string of the molecule is FC(F)(F)Oc1ccc(CNC2(Cc3cc(CN4CCOCC4)on3)COC2)cc1. The molecular weight excluding hydrogens is 403 g/mol. The molecule has 1 aromatic heterocycles. The van der Waals surface area contributed by atoms with Gasteiger partial charge in [0.2, 0.25) is 0 Å². The molecule has 0 spiro atoms. The Morgan fingerprint density at radius 2 is 1.83 bits per heavy atom. The Labute approximate surface area is 172 Å². The largest absolute Gasteiger partial charge is 0.573 e. The van der Waals surface area contributed by atoms with E-state index < -0.39 is 6.36 Å². The molecule has 0 unspecified atom stereocenters. The minimum Gasteiger partial charge on any atom is -0.406 e. The summed E-state index contributed by atoms with van der Waals surface area (Å²) in [7, 11) is 0. The van der Waals surface area contributed by atoms with E-state index >= 15 is 0 Å². The summed E-state index contributed by atoms with van der Waals surface area (Å²) in [6.45, 7) is 5.49. The Kier molecular flexibility index (Phi) is 6.28. The van der Waals surface area contributed by atoms with E-state index in [9.17, 15) is 13.2 Å². The molecule has 1 N–H and O–H groups in total. The zero-order chi connectivity index (χ0) is 21.0. The third-order valence-electron chi connectivity index (χ3n) is 5.19. The quantitative estimate of drug-likeness (QED) is 0.694. The van der Waals surface area contributed by atoms with Crippen molar-refractivity contribution in [2.45, 2.75) is 31.4 Å². The number of nitrogens with zero attached hydrogens (tertiary/aromatic N) is 2.